The van der Waals surface area contributed by atoms with Crippen molar-refractivity contribution in [1.82, 2.24) is 10.3 Å². The van der Waals surface area contributed by atoms with Gasteiger partial charge in [-0.3, -0.25) is 9.78 Å². The SMILES string of the molecule is CCNCc1cccc(C(=O)Nc2cccnc2)c1. The zero-order valence-electron chi connectivity index (χ0n) is 10.9. The van der Waals surface area contributed by atoms with Gasteiger partial charge in [0.1, 0.15) is 0 Å². The molecule has 1 aromatic carbocycles. The number of aromatic nitrogens is 1. The molecule has 2 rings (SSSR count). The molecular weight excluding hydrogens is 238 g/mol. The number of hydrogen-bond acceptors (Lipinski definition) is 3. The van der Waals surface area contributed by atoms with E-state index >= 15 is 0 Å². The maximum absolute atomic E-state index is 12.1. The van der Waals surface area contributed by atoms with Crippen LogP contribution in [0.3, 0.4) is 0 Å². The molecule has 0 atom stereocenters. The van der Waals surface area contributed by atoms with E-state index in [4.69, 9.17) is 0 Å². The maximum atomic E-state index is 12.1. The predicted octanol–water partition coefficient (Wildman–Crippen LogP) is 2.44. The van der Waals surface area contributed by atoms with Gasteiger partial charge in [-0.05, 0) is 36.4 Å². The molecule has 0 saturated heterocycles. The first kappa shape index (κ1) is 13.2. The van der Waals surface area contributed by atoms with Crippen LogP contribution in [0.15, 0.2) is 48.8 Å². The van der Waals surface area contributed by atoms with E-state index in [0.717, 1.165) is 18.7 Å². The lowest BCUT2D eigenvalue weighted by atomic mass is 10.1. The molecule has 1 amide bonds. The monoisotopic (exact) mass is 255 g/mol. The van der Waals surface area contributed by atoms with Crippen LogP contribution in [0.4, 0.5) is 5.69 Å². The van der Waals surface area contributed by atoms with Crippen LogP contribution in [-0.4, -0.2) is 17.4 Å². The third-order valence-electron chi connectivity index (χ3n) is 2.69. The lowest BCUT2D eigenvalue weighted by molar-refractivity contribution is 0.102. The Balaban J connectivity index is 2.06. The average Bonchev–Trinajstić information content (AvgIpc) is 2.46. The van der Waals surface area contributed by atoms with Gasteiger partial charge in [0.2, 0.25) is 0 Å². The summed E-state index contributed by atoms with van der Waals surface area (Å²) in [5.74, 6) is -0.119. The van der Waals surface area contributed by atoms with Crippen LogP contribution in [0.5, 0.6) is 0 Å². The number of hydrogen-bond donors (Lipinski definition) is 2. The summed E-state index contributed by atoms with van der Waals surface area (Å²) < 4.78 is 0. The molecule has 0 radical (unpaired) electrons. The van der Waals surface area contributed by atoms with Gasteiger partial charge in [-0.2, -0.15) is 0 Å². The first-order chi connectivity index (χ1) is 9.29. The highest BCUT2D eigenvalue weighted by atomic mass is 16.1. The van der Waals surface area contributed by atoms with Crippen molar-refractivity contribution in [2.45, 2.75) is 13.5 Å². The Morgan fingerprint density at radius 3 is 2.89 bits per heavy atom. The van der Waals surface area contributed by atoms with Gasteiger partial charge in [0, 0.05) is 18.3 Å². The molecule has 0 unspecified atom stereocenters. The highest BCUT2D eigenvalue weighted by Crippen LogP contribution is 2.09. The van der Waals surface area contributed by atoms with Gasteiger partial charge in [-0.1, -0.05) is 19.1 Å². The van der Waals surface area contributed by atoms with Crippen molar-refractivity contribution in [2.24, 2.45) is 0 Å². The van der Waals surface area contributed by atoms with Crippen LogP contribution < -0.4 is 10.6 Å². The van der Waals surface area contributed by atoms with Gasteiger partial charge in [-0.15, -0.1) is 0 Å². The quantitative estimate of drug-likeness (QED) is 0.862. The lowest BCUT2D eigenvalue weighted by Crippen LogP contribution is -2.14. The standard InChI is InChI=1S/C15H17N3O/c1-2-16-10-12-5-3-6-13(9-12)15(19)18-14-7-4-8-17-11-14/h3-9,11,16H,2,10H2,1H3,(H,18,19). The summed E-state index contributed by atoms with van der Waals surface area (Å²) in [6.45, 7) is 3.73. The Bertz CT molecular complexity index is 540. The minimum absolute atomic E-state index is 0.119. The minimum Gasteiger partial charge on any atom is -0.321 e. The van der Waals surface area contributed by atoms with Crippen molar-refractivity contribution in [2.75, 3.05) is 11.9 Å². The number of rotatable bonds is 5. The van der Waals surface area contributed by atoms with Gasteiger partial charge in [0.05, 0.1) is 11.9 Å². The van der Waals surface area contributed by atoms with E-state index in [1.807, 2.05) is 24.3 Å². The highest BCUT2D eigenvalue weighted by molar-refractivity contribution is 6.04. The summed E-state index contributed by atoms with van der Waals surface area (Å²) in [7, 11) is 0. The van der Waals surface area contributed by atoms with Crippen LogP contribution in [-0.2, 0) is 6.54 Å². The summed E-state index contributed by atoms with van der Waals surface area (Å²) in [6.07, 6.45) is 3.30. The van der Waals surface area contributed by atoms with Gasteiger partial charge < -0.3 is 10.6 Å². The fourth-order valence-corrected chi connectivity index (χ4v) is 1.73. The minimum atomic E-state index is -0.119. The van der Waals surface area contributed by atoms with Crippen LogP contribution >= 0.6 is 0 Å². The summed E-state index contributed by atoms with van der Waals surface area (Å²) in [4.78, 5) is 16.0. The van der Waals surface area contributed by atoms with E-state index in [2.05, 4.69) is 22.5 Å². The Morgan fingerprint density at radius 1 is 1.26 bits per heavy atom. The van der Waals surface area contributed by atoms with Crippen LogP contribution in [0.25, 0.3) is 0 Å². The summed E-state index contributed by atoms with van der Waals surface area (Å²) >= 11 is 0. The smallest absolute Gasteiger partial charge is 0.255 e. The average molecular weight is 255 g/mol. The number of carbonyl (C=O) groups is 1. The third-order valence-corrected chi connectivity index (χ3v) is 2.69. The number of anilines is 1. The molecule has 0 aliphatic heterocycles. The number of benzene rings is 1. The molecule has 0 aliphatic carbocycles. The first-order valence-electron chi connectivity index (χ1n) is 6.30. The fraction of sp³-hybridized carbons (Fsp3) is 0.200. The van der Waals surface area contributed by atoms with Crippen LogP contribution in [0, 0.1) is 0 Å². The normalized spacial score (nSPS) is 10.2. The van der Waals surface area contributed by atoms with Crippen molar-refractivity contribution in [1.29, 1.82) is 0 Å². The lowest BCUT2D eigenvalue weighted by Gasteiger charge is -2.07. The van der Waals surface area contributed by atoms with E-state index in [0.29, 0.717) is 11.3 Å². The van der Waals surface area contributed by atoms with Gasteiger partial charge in [-0.25, -0.2) is 0 Å². The van der Waals surface area contributed by atoms with Gasteiger partial charge >= 0.3 is 0 Å². The van der Waals surface area contributed by atoms with E-state index in [1.165, 1.54) is 0 Å². The molecule has 4 nitrogen and oxygen atoms in total. The molecule has 0 aliphatic rings. The van der Waals surface area contributed by atoms with Crippen LogP contribution in [0.1, 0.15) is 22.8 Å². The number of pyridine rings is 1. The van der Waals surface area contributed by atoms with Crippen LogP contribution in [0.2, 0.25) is 0 Å². The highest BCUT2D eigenvalue weighted by Gasteiger charge is 2.06. The predicted molar refractivity (Wildman–Crippen MR) is 76.0 cm³/mol. The second-order valence-corrected chi connectivity index (χ2v) is 4.18. The van der Waals surface area contributed by atoms with Gasteiger partial charge in [0.25, 0.3) is 5.91 Å². The van der Waals surface area contributed by atoms with Crippen molar-refractivity contribution >= 4 is 11.6 Å². The maximum Gasteiger partial charge on any atom is 0.255 e. The molecule has 98 valence electrons. The fourth-order valence-electron chi connectivity index (χ4n) is 1.73. The summed E-state index contributed by atoms with van der Waals surface area (Å²) in [5, 5.41) is 6.06. The molecule has 2 N–H and O–H groups in total. The molecule has 0 fully saturated rings. The molecule has 1 aromatic heterocycles. The Hall–Kier alpha value is -2.20. The molecule has 1 heterocycles. The Kier molecular flexibility index (Phi) is 4.64. The van der Waals surface area contributed by atoms with Crippen molar-refractivity contribution in [3.63, 3.8) is 0 Å². The second kappa shape index (κ2) is 6.66. The number of nitrogens with one attached hydrogen (secondary N) is 2. The summed E-state index contributed by atoms with van der Waals surface area (Å²) in [5.41, 5.74) is 2.45. The van der Waals surface area contributed by atoms with E-state index in [1.54, 1.807) is 24.5 Å². The molecule has 0 bridgehead atoms. The third kappa shape index (κ3) is 3.89. The van der Waals surface area contributed by atoms with Crippen molar-refractivity contribution in [3.8, 4) is 0 Å². The topological polar surface area (TPSA) is 54.0 Å². The molecule has 0 spiro atoms. The number of nitrogens with zero attached hydrogens (tertiary/aromatic N) is 1. The molecule has 0 saturated carbocycles. The van der Waals surface area contributed by atoms with E-state index < -0.39 is 0 Å². The van der Waals surface area contributed by atoms with Crippen molar-refractivity contribution < 1.29 is 4.79 Å². The number of amides is 1. The summed E-state index contributed by atoms with van der Waals surface area (Å²) in [6, 6.07) is 11.2. The molecule has 2 aromatic rings. The Labute approximate surface area is 112 Å². The Morgan fingerprint density at radius 2 is 2.16 bits per heavy atom. The van der Waals surface area contributed by atoms with E-state index in [9.17, 15) is 4.79 Å². The van der Waals surface area contributed by atoms with Crippen molar-refractivity contribution in [3.05, 3.63) is 59.9 Å². The zero-order valence-corrected chi connectivity index (χ0v) is 10.9. The second-order valence-electron chi connectivity index (χ2n) is 4.18. The van der Waals surface area contributed by atoms with E-state index in [-0.39, 0.29) is 5.91 Å². The first-order valence-corrected chi connectivity index (χ1v) is 6.30. The molecule has 19 heavy (non-hydrogen) atoms. The largest absolute Gasteiger partial charge is 0.321 e. The number of carbonyl (C=O) groups excluding carboxylic acids is 1. The molecule has 4 heteroatoms. The molecular formula is C15H17N3O. The zero-order chi connectivity index (χ0) is 13.5. The van der Waals surface area contributed by atoms with Gasteiger partial charge in [0.15, 0.2) is 0 Å².